The van der Waals surface area contributed by atoms with Crippen LogP contribution >= 0.6 is 0 Å². The maximum atomic E-state index is 13.4. The van der Waals surface area contributed by atoms with E-state index in [1.165, 1.54) is 6.07 Å². The molecule has 0 amide bonds. The molecule has 1 atom stereocenters. The third kappa shape index (κ3) is 3.91. The lowest BCUT2D eigenvalue weighted by Crippen LogP contribution is -2.30. The fourth-order valence-corrected chi connectivity index (χ4v) is 1.57. The molecule has 1 unspecified atom stereocenters. The van der Waals surface area contributed by atoms with Crippen LogP contribution in [0.5, 0.6) is 0 Å². The van der Waals surface area contributed by atoms with Crippen LogP contribution in [-0.2, 0) is 0 Å². The highest BCUT2D eigenvalue weighted by Crippen LogP contribution is 2.15. The van der Waals surface area contributed by atoms with Gasteiger partial charge >= 0.3 is 0 Å². The minimum absolute atomic E-state index is 0.0615. The molecule has 0 aliphatic carbocycles. The van der Waals surface area contributed by atoms with Gasteiger partial charge < -0.3 is 10.2 Å². The second-order valence-electron chi connectivity index (χ2n) is 4.09. The number of likely N-dealkylation sites (N-methyl/N-ethyl adjacent to an activating group) is 1. The van der Waals surface area contributed by atoms with E-state index in [4.69, 9.17) is 0 Å². The molecule has 0 fully saturated rings. The number of hydrogen-bond donors (Lipinski definition) is 1. The second-order valence-corrected chi connectivity index (χ2v) is 4.09. The van der Waals surface area contributed by atoms with Crippen molar-refractivity contribution >= 4 is 0 Å². The lowest BCUT2D eigenvalue weighted by molar-refractivity contribution is 0.341. The van der Waals surface area contributed by atoms with Crippen LogP contribution in [0.2, 0.25) is 0 Å². The van der Waals surface area contributed by atoms with Crippen molar-refractivity contribution in [2.45, 2.75) is 19.9 Å². The zero-order chi connectivity index (χ0) is 12.0. The summed E-state index contributed by atoms with van der Waals surface area (Å²) in [4.78, 5) is 2.22. The zero-order valence-corrected chi connectivity index (χ0v) is 10.3. The van der Waals surface area contributed by atoms with E-state index in [2.05, 4.69) is 24.2 Å². The Labute approximate surface area is 97.5 Å². The van der Waals surface area contributed by atoms with Gasteiger partial charge in [0.1, 0.15) is 5.82 Å². The van der Waals surface area contributed by atoms with Crippen molar-refractivity contribution in [2.24, 2.45) is 0 Å². The summed E-state index contributed by atoms with van der Waals surface area (Å²) in [7, 11) is 2.08. The topological polar surface area (TPSA) is 15.3 Å². The van der Waals surface area contributed by atoms with Crippen molar-refractivity contribution in [3.63, 3.8) is 0 Å². The molecule has 90 valence electrons. The van der Waals surface area contributed by atoms with Crippen LogP contribution in [0.1, 0.15) is 25.5 Å². The van der Waals surface area contributed by atoms with Crippen molar-refractivity contribution < 1.29 is 4.39 Å². The van der Waals surface area contributed by atoms with Crippen LogP contribution in [0.4, 0.5) is 4.39 Å². The SMILES string of the molecule is CCN(C)CCNC(C)c1ccccc1F. The van der Waals surface area contributed by atoms with Crippen molar-refractivity contribution in [2.75, 3.05) is 26.7 Å². The number of nitrogens with one attached hydrogen (secondary N) is 1. The predicted molar refractivity (Wildman–Crippen MR) is 66.0 cm³/mol. The quantitative estimate of drug-likeness (QED) is 0.798. The first kappa shape index (κ1) is 13.1. The fraction of sp³-hybridized carbons (Fsp3) is 0.538. The summed E-state index contributed by atoms with van der Waals surface area (Å²) in [6.45, 7) is 7.01. The van der Waals surface area contributed by atoms with Crippen molar-refractivity contribution in [3.8, 4) is 0 Å². The maximum Gasteiger partial charge on any atom is 0.127 e. The molecule has 1 rings (SSSR count). The molecule has 0 heterocycles. The van der Waals surface area contributed by atoms with E-state index in [1.807, 2.05) is 19.1 Å². The Morgan fingerprint density at radius 1 is 1.38 bits per heavy atom. The standard InChI is InChI=1S/C13H21FN2/c1-4-16(3)10-9-15-11(2)12-7-5-6-8-13(12)14/h5-8,11,15H,4,9-10H2,1-3H3. The predicted octanol–water partition coefficient (Wildman–Crippen LogP) is 2.43. The van der Waals surface area contributed by atoms with E-state index in [0.717, 1.165) is 25.2 Å². The average Bonchev–Trinajstić information content (AvgIpc) is 2.29. The van der Waals surface area contributed by atoms with Crippen LogP contribution in [0, 0.1) is 5.82 Å². The van der Waals surface area contributed by atoms with E-state index in [1.54, 1.807) is 6.07 Å². The van der Waals surface area contributed by atoms with Gasteiger partial charge in [0.05, 0.1) is 0 Å². The molecule has 1 aromatic carbocycles. The first-order valence-electron chi connectivity index (χ1n) is 5.81. The third-order valence-electron chi connectivity index (χ3n) is 2.86. The third-order valence-corrected chi connectivity index (χ3v) is 2.86. The lowest BCUT2D eigenvalue weighted by atomic mass is 10.1. The molecule has 2 nitrogen and oxygen atoms in total. The van der Waals surface area contributed by atoms with Gasteiger partial charge in [0, 0.05) is 24.7 Å². The van der Waals surface area contributed by atoms with Crippen molar-refractivity contribution in [1.29, 1.82) is 0 Å². The zero-order valence-electron chi connectivity index (χ0n) is 10.3. The summed E-state index contributed by atoms with van der Waals surface area (Å²) >= 11 is 0. The van der Waals surface area contributed by atoms with Crippen LogP contribution < -0.4 is 5.32 Å². The van der Waals surface area contributed by atoms with Gasteiger partial charge in [0.25, 0.3) is 0 Å². The normalized spacial score (nSPS) is 13.1. The molecule has 1 aromatic rings. The van der Waals surface area contributed by atoms with E-state index in [0.29, 0.717) is 0 Å². The van der Waals surface area contributed by atoms with Crippen LogP contribution in [0.3, 0.4) is 0 Å². The molecule has 0 saturated carbocycles. The Bertz CT molecular complexity index is 315. The van der Waals surface area contributed by atoms with Crippen LogP contribution in [0.15, 0.2) is 24.3 Å². The molecule has 0 radical (unpaired) electrons. The summed E-state index contributed by atoms with van der Waals surface area (Å²) in [5, 5.41) is 3.32. The van der Waals surface area contributed by atoms with Crippen LogP contribution in [0.25, 0.3) is 0 Å². The van der Waals surface area contributed by atoms with E-state index < -0.39 is 0 Å². The maximum absolute atomic E-state index is 13.4. The molecule has 0 spiro atoms. The summed E-state index contributed by atoms with van der Waals surface area (Å²) in [5.74, 6) is -0.133. The Balaban J connectivity index is 2.41. The molecule has 0 bridgehead atoms. The highest BCUT2D eigenvalue weighted by atomic mass is 19.1. The molecule has 0 aliphatic heterocycles. The number of rotatable bonds is 6. The van der Waals surface area contributed by atoms with Gasteiger partial charge in [-0.2, -0.15) is 0 Å². The smallest absolute Gasteiger partial charge is 0.127 e. The van der Waals surface area contributed by atoms with Gasteiger partial charge in [0.15, 0.2) is 0 Å². The number of benzene rings is 1. The fourth-order valence-electron chi connectivity index (χ4n) is 1.57. The van der Waals surface area contributed by atoms with E-state index in [-0.39, 0.29) is 11.9 Å². The molecular formula is C13H21FN2. The summed E-state index contributed by atoms with van der Waals surface area (Å²) < 4.78 is 13.4. The number of hydrogen-bond acceptors (Lipinski definition) is 2. The van der Waals surface area contributed by atoms with E-state index in [9.17, 15) is 4.39 Å². The molecule has 3 heteroatoms. The molecule has 0 aliphatic rings. The second kappa shape index (κ2) is 6.61. The Hall–Kier alpha value is -0.930. The average molecular weight is 224 g/mol. The first-order valence-corrected chi connectivity index (χ1v) is 5.81. The summed E-state index contributed by atoms with van der Waals surface area (Å²) in [6, 6.07) is 6.99. The number of halogens is 1. The molecular weight excluding hydrogens is 203 g/mol. The summed E-state index contributed by atoms with van der Waals surface area (Å²) in [5.41, 5.74) is 0.738. The monoisotopic (exact) mass is 224 g/mol. The summed E-state index contributed by atoms with van der Waals surface area (Å²) in [6.07, 6.45) is 0. The highest BCUT2D eigenvalue weighted by molar-refractivity contribution is 5.20. The molecule has 0 aromatic heterocycles. The van der Waals surface area contributed by atoms with Crippen LogP contribution in [-0.4, -0.2) is 31.6 Å². The molecule has 16 heavy (non-hydrogen) atoms. The lowest BCUT2D eigenvalue weighted by Gasteiger charge is -2.18. The minimum Gasteiger partial charge on any atom is -0.309 e. The van der Waals surface area contributed by atoms with Gasteiger partial charge in [-0.3, -0.25) is 0 Å². The van der Waals surface area contributed by atoms with Crippen molar-refractivity contribution in [3.05, 3.63) is 35.6 Å². The van der Waals surface area contributed by atoms with Gasteiger partial charge in [0.2, 0.25) is 0 Å². The molecule has 0 saturated heterocycles. The van der Waals surface area contributed by atoms with Gasteiger partial charge in [-0.25, -0.2) is 4.39 Å². The minimum atomic E-state index is -0.133. The van der Waals surface area contributed by atoms with E-state index >= 15 is 0 Å². The van der Waals surface area contributed by atoms with Crippen molar-refractivity contribution in [1.82, 2.24) is 10.2 Å². The largest absolute Gasteiger partial charge is 0.309 e. The van der Waals surface area contributed by atoms with Gasteiger partial charge in [-0.05, 0) is 26.6 Å². The number of nitrogens with zero attached hydrogens (tertiary/aromatic N) is 1. The van der Waals surface area contributed by atoms with Gasteiger partial charge in [-0.15, -0.1) is 0 Å². The Kier molecular flexibility index (Phi) is 5.43. The molecule has 1 N–H and O–H groups in total. The first-order chi connectivity index (χ1) is 7.65. The van der Waals surface area contributed by atoms with Gasteiger partial charge in [-0.1, -0.05) is 25.1 Å². The Morgan fingerprint density at radius 3 is 2.69 bits per heavy atom. The Morgan fingerprint density at radius 2 is 2.06 bits per heavy atom. The highest BCUT2D eigenvalue weighted by Gasteiger charge is 2.08.